The van der Waals surface area contributed by atoms with E-state index in [1.165, 1.54) is 16.4 Å². The fraction of sp³-hybridized carbons (Fsp3) is 0.267. The van der Waals surface area contributed by atoms with Crippen molar-refractivity contribution < 1.29 is 13.5 Å². The molecule has 112 valence electrons. The predicted molar refractivity (Wildman–Crippen MR) is 79.9 cm³/mol. The number of hydrogen-bond donors (Lipinski definition) is 1. The molecule has 0 fully saturated rings. The number of hydrogen-bond acceptors (Lipinski definition) is 4. The van der Waals surface area contributed by atoms with Gasteiger partial charge in [-0.15, -0.1) is 0 Å². The molecule has 0 spiro atoms. The van der Waals surface area contributed by atoms with E-state index in [-0.39, 0.29) is 18.0 Å². The van der Waals surface area contributed by atoms with E-state index in [0.29, 0.717) is 17.8 Å². The Hall–Kier alpha value is -1.76. The summed E-state index contributed by atoms with van der Waals surface area (Å²) in [7, 11) is -3.60. The van der Waals surface area contributed by atoms with E-state index in [1.807, 2.05) is 6.07 Å². The van der Waals surface area contributed by atoms with Crippen LogP contribution >= 0.6 is 0 Å². The van der Waals surface area contributed by atoms with E-state index in [2.05, 4.69) is 4.98 Å². The second kappa shape index (κ2) is 6.80. The maximum Gasteiger partial charge on any atom is 0.243 e. The van der Waals surface area contributed by atoms with Crippen molar-refractivity contribution in [3.63, 3.8) is 0 Å². The fourth-order valence-corrected chi connectivity index (χ4v) is 3.48. The Kier molecular flexibility index (Phi) is 5.06. The molecule has 1 N–H and O–H groups in total. The minimum atomic E-state index is -3.60. The fourth-order valence-electron chi connectivity index (χ4n) is 1.99. The van der Waals surface area contributed by atoms with Crippen molar-refractivity contribution in [2.75, 3.05) is 6.54 Å². The summed E-state index contributed by atoms with van der Waals surface area (Å²) in [5, 5.41) is 9.14. The van der Waals surface area contributed by atoms with Crippen molar-refractivity contribution in [3.05, 3.63) is 59.9 Å². The quantitative estimate of drug-likeness (QED) is 0.883. The molecule has 1 aromatic carbocycles. The van der Waals surface area contributed by atoms with Crippen LogP contribution in [0.2, 0.25) is 0 Å². The molecule has 21 heavy (non-hydrogen) atoms. The van der Waals surface area contributed by atoms with Crippen LogP contribution in [0.1, 0.15) is 18.2 Å². The van der Waals surface area contributed by atoms with Crippen molar-refractivity contribution in [2.24, 2.45) is 0 Å². The van der Waals surface area contributed by atoms with E-state index in [1.54, 1.807) is 37.4 Å². The van der Waals surface area contributed by atoms with Crippen molar-refractivity contribution in [3.8, 4) is 0 Å². The molecule has 0 atom stereocenters. The van der Waals surface area contributed by atoms with Gasteiger partial charge < -0.3 is 5.11 Å². The Labute approximate surface area is 124 Å². The highest BCUT2D eigenvalue weighted by Crippen LogP contribution is 2.18. The molecule has 0 saturated heterocycles. The number of rotatable bonds is 6. The predicted octanol–water partition coefficient (Wildman–Crippen LogP) is 1.78. The lowest BCUT2D eigenvalue weighted by Gasteiger charge is -2.20. The molecule has 0 aliphatic carbocycles. The van der Waals surface area contributed by atoms with Gasteiger partial charge in [-0.05, 0) is 29.8 Å². The first-order valence-electron chi connectivity index (χ1n) is 6.67. The first-order chi connectivity index (χ1) is 10.1. The Morgan fingerprint density at radius 1 is 1.19 bits per heavy atom. The highest BCUT2D eigenvalue weighted by molar-refractivity contribution is 7.89. The molecule has 1 aromatic heterocycles. The molecule has 0 amide bonds. The van der Waals surface area contributed by atoms with Crippen LogP contribution in [0.15, 0.2) is 53.6 Å². The van der Waals surface area contributed by atoms with E-state index >= 15 is 0 Å². The molecule has 0 saturated carbocycles. The Balaban J connectivity index is 2.31. The third-order valence-electron chi connectivity index (χ3n) is 3.14. The number of aliphatic hydroxyl groups is 1. The molecule has 6 heteroatoms. The van der Waals surface area contributed by atoms with Gasteiger partial charge in [0.05, 0.1) is 23.7 Å². The minimum absolute atomic E-state index is 0.185. The monoisotopic (exact) mass is 306 g/mol. The molecule has 2 aromatic rings. The largest absolute Gasteiger partial charge is 0.392 e. The highest BCUT2D eigenvalue weighted by atomic mass is 32.2. The molecule has 0 bridgehead atoms. The van der Waals surface area contributed by atoms with Gasteiger partial charge in [0, 0.05) is 12.7 Å². The summed E-state index contributed by atoms with van der Waals surface area (Å²) in [5.74, 6) is 0. The number of nitrogens with zero attached hydrogens (tertiary/aromatic N) is 2. The maximum absolute atomic E-state index is 12.7. The molecule has 1 heterocycles. The van der Waals surface area contributed by atoms with Crippen LogP contribution in [-0.2, 0) is 23.2 Å². The summed E-state index contributed by atoms with van der Waals surface area (Å²) >= 11 is 0. The average molecular weight is 306 g/mol. The summed E-state index contributed by atoms with van der Waals surface area (Å²) in [5.41, 5.74) is 1.27. The Morgan fingerprint density at radius 2 is 2.00 bits per heavy atom. The standard InChI is InChI=1S/C15H18N2O3S/c1-2-17(11-14-7-3-4-9-16-14)21(19,20)15-8-5-6-13(10-15)12-18/h3-10,18H,2,11-12H2,1H3. The van der Waals surface area contributed by atoms with Gasteiger partial charge in [-0.2, -0.15) is 4.31 Å². The van der Waals surface area contributed by atoms with Crippen LogP contribution in [-0.4, -0.2) is 29.4 Å². The van der Waals surface area contributed by atoms with Crippen LogP contribution in [0.3, 0.4) is 0 Å². The summed E-state index contributed by atoms with van der Waals surface area (Å²) in [6.45, 7) is 2.18. The van der Waals surface area contributed by atoms with Gasteiger partial charge in [0.1, 0.15) is 0 Å². The third kappa shape index (κ3) is 3.66. The van der Waals surface area contributed by atoms with Gasteiger partial charge in [-0.1, -0.05) is 25.1 Å². The molecule has 0 radical (unpaired) electrons. The molecular weight excluding hydrogens is 288 g/mol. The van der Waals surface area contributed by atoms with Crippen LogP contribution in [0.4, 0.5) is 0 Å². The Morgan fingerprint density at radius 3 is 2.62 bits per heavy atom. The van der Waals surface area contributed by atoms with Crippen LogP contribution in [0.5, 0.6) is 0 Å². The molecular formula is C15H18N2O3S. The van der Waals surface area contributed by atoms with Gasteiger partial charge >= 0.3 is 0 Å². The maximum atomic E-state index is 12.7. The zero-order chi connectivity index (χ0) is 15.3. The van der Waals surface area contributed by atoms with Gasteiger partial charge in [0.25, 0.3) is 0 Å². The lowest BCUT2D eigenvalue weighted by atomic mass is 10.2. The lowest BCUT2D eigenvalue weighted by molar-refractivity contribution is 0.281. The summed E-state index contributed by atoms with van der Waals surface area (Å²) in [6.07, 6.45) is 1.64. The van der Waals surface area contributed by atoms with E-state index < -0.39 is 10.0 Å². The van der Waals surface area contributed by atoms with Crippen LogP contribution in [0, 0.1) is 0 Å². The Bertz CT molecular complexity index is 687. The molecule has 2 rings (SSSR count). The third-order valence-corrected chi connectivity index (χ3v) is 5.05. The second-order valence-corrected chi connectivity index (χ2v) is 6.50. The second-order valence-electron chi connectivity index (χ2n) is 4.56. The average Bonchev–Trinajstić information content (AvgIpc) is 2.53. The molecule has 0 unspecified atom stereocenters. The molecule has 0 aliphatic rings. The van der Waals surface area contributed by atoms with Gasteiger partial charge in [0.15, 0.2) is 0 Å². The summed E-state index contributed by atoms with van der Waals surface area (Å²) in [6, 6.07) is 11.8. The van der Waals surface area contributed by atoms with Gasteiger partial charge in [0.2, 0.25) is 10.0 Å². The number of sulfonamides is 1. The van der Waals surface area contributed by atoms with Crippen molar-refractivity contribution in [2.45, 2.75) is 25.0 Å². The number of aromatic nitrogens is 1. The molecule has 5 nitrogen and oxygen atoms in total. The minimum Gasteiger partial charge on any atom is -0.392 e. The number of benzene rings is 1. The zero-order valence-electron chi connectivity index (χ0n) is 11.8. The van der Waals surface area contributed by atoms with Crippen LogP contribution in [0.25, 0.3) is 0 Å². The van der Waals surface area contributed by atoms with E-state index in [4.69, 9.17) is 5.11 Å². The lowest BCUT2D eigenvalue weighted by Crippen LogP contribution is -2.30. The number of aliphatic hydroxyl groups excluding tert-OH is 1. The topological polar surface area (TPSA) is 70.5 Å². The number of pyridine rings is 1. The van der Waals surface area contributed by atoms with Gasteiger partial charge in [-0.3, -0.25) is 4.98 Å². The zero-order valence-corrected chi connectivity index (χ0v) is 12.6. The highest BCUT2D eigenvalue weighted by Gasteiger charge is 2.23. The SMILES string of the molecule is CCN(Cc1ccccn1)S(=O)(=O)c1cccc(CO)c1. The summed E-state index contributed by atoms with van der Waals surface area (Å²) in [4.78, 5) is 4.35. The smallest absolute Gasteiger partial charge is 0.243 e. The molecule has 0 aliphatic heterocycles. The van der Waals surface area contributed by atoms with Crippen molar-refractivity contribution >= 4 is 10.0 Å². The van der Waals surface area contributed by atoms with Gasteiger partial charge in [-0.25, -0.2) is 8.42 Å². The van der Waals surface area contributed by atoms with Crippen molar-refractivity contribution in [1.82, 2.24) is 9.29 Å². The van der Waals surface area contributed by atoms with Crippen molar-refractivity contribution in [1.29, 1.82) is 0 Å². The van der Waals surface area contributed by atoms with E-state index in [9.17, 15) is 8.42 Å². The summed E-state index contributed by atoms with van der Waals surface area (Å²) < 4.78 is 26.7. The first kappa shape index (κ1) is 15.6. The van der Waals surface area contributed by atoms with E-state index in [0.717, 1.165) is 0 Å². The normalized spacial score (nSPS) is 11.8. The van der Waals surface area contributed by atoms with Crippen LogP contribution < -0.4 is 0 Å². The first-order valence-corrected chi connectivity index (χ1v) is 8.11.